The molecule has 0 saturated carbocycles. The molecule has 1 aromatic heterocycles. The molecule has 0 amide bonds. The predicted octanol–water partition coefficient (Wildman–Crippen LogP) is 3.28. The summed E-state index contributed by atoms with van der Waals surface area (Å²) in [5, 5.41) is 1.15. The summed E-state index contributed by atoms with van der Waals surface area (Å²) < 4.78 is 7.55. The topological polar surface area (TPSA) is 23.4 Å². The first-order valence-corrected chi connectivity index (χ1v) is 6.20. The van der Waals surface area contributed by atoms with Gasteiger partial charge in [0, 0.05) is 10.9 Å². The van der Waals surface area contributed by atoms with Gasteiger partial charge in [-0.1, -0.05) is 36.4 Å². The summed E-state index contributed by atoms with van der Waals surface area (Å²) in [6.45, 7) is 0.529. The molecule has 0 bridgehead atoms. The van der Waals surface area contributed by atoms with Crippen LogP contribution in [0.2, 0.25) is 0 Å². The molecule has 0 aliphatic carbocycles. The van der Waals surface area contributed by atoms with E-state index in [1.807, 2.05) is 54.7 Å². The van der Waals surface area contributed by atoms with E-state index < -0.39 is 0 Å². The van der Waals surface area contributed by atoms with Gasteiger partial charge in [-0.2, -0.15) is 4.73 Å². The Morgan fingerprint density at radius 1 is 0.947 bits per heavy atom. The van der Waals surface area contributed by atoms with Gasteiger partial charge in [-0.3, -0.25) is 0 Å². The van der Waals surface area contributed by atoms with E-state index in [4.69, 9.17) is 9.57 Å². The van der Waals surface area contributed by atoms with Crippen LogP contribution >= 0.6 is 0 Å². The molecule has 0 aliphatic heterocycles. The highest BCUT2D eigenvalue weighted by Gasteiger charge is 2.08. The number of fused-ring (bicyclic) bond motifs is 1. The Balaban J connectivity index is 1.89. The minimum Gasteiger partial charge on any atom is -0.489 e. The number of hydrogen-bond acceptors (Lipinski definition) is 2. The summed E-state index contributed by atoms with van der Waals surface area (Å²) >= 11 is 0. The van der Waals surface area contributed by atoms with Crippen LogP contribution in [0.4, 0.5) is 0 Å². The van der Waals surface area contributed by atoms with Crippen LogP contribution in [0.25, 0.3) is 10.9 Å². The molecule has 3 aromatic rings. The van der Waals surface area contributed by atoms with Crippen molar-refractivity contribution in [2.45, 2.75) is 6.61 Å². The second kappa shape index (κ2) is 5.06. The van der Waals surface area contributed by atoms with Crippen molar-refractivity contribution in [1.82, 2.24) is 4.73 Å². The van der Waals surface area contributed by atoms with Gasteiger partial charge in [-0.25, -0.2) is 0 Å². The lowest BCUT2D eigenvalue weighted by molar-refractivity contribution is 0.178. The van der Waals surface area contributed by atoms with E-state index in [1.54, 1.807) is 11.8 Å². The van der Waals surface area contributed by atoms with Gasteiger partial charge in [0.15, 0.2) is 0 Å². The standard InChI is InChI=1S/C16H15NO2/c1-18-17-11-13(15-9-5-6-10-16(15)17)12-19-14-7-3-2-4-8-14/h2-11H,12H2,1H3. The molecule has 0 unspecified atom stereocenters. The Morgan fingerprint density at radius 2 is 1.68 bits per heavy atom. The van der Waals surface area contributed by atoms with Crippen molar-refractivity contribution in [2.24, 2.45) is 0 Å². The molecule has 0 saturated heterocycles. The van der Waals surface area contributed by atoms with Gasteiger partial charge >= 0.3 is 0 Å². The molecule has 1 heterocycles. The van der Waals surface area contributed by atoms with Gasteiger partial charge in [0.25, 0.3) is 0 Å². The SMILES string of the molecule is COn1cc(COc2ccccc2)c2ccccc21. The summed E-state index contributed by atoms with van der Waals surface area (Å²) in [6, 6.07) is 17.9. The molecule has 3 rings (SSSR count). The maximum absolute atomic E-state index is 5.79. The van der Waals surface area contributed by atoms with Gasteiger partial charge < -0.3 is 9.57 Å². The third kappa shape index (κ3) is 2.27. The maximum Gasteiger partial charge on any atom is 0.119 e. The van der Waals surface area contributed by atoms with E-state index >= 15 is 0 Å². The second-order valence-electron chi connectivity index (χ2n) is 4.28. The first kappa shape index (κ1) is 11.7. The van der Waals surface area contributed by atoms with E-state index in [9.17, 15) is 0 Å². The fraction of sp³-hybridized carbons (Fsp3) is 0.125. The Labute approximate surface area is 112 Å². The van der Waals surface area contributed by atoms with Crippen LogP contribution in [0, 0.1) is 0 Å². The van der Waals surface area contributed by atoms with Crippen LogP contribution in [0.15, 0.2) is 60.8 Å². The van der Waals surface area contributed by atoms with E-state index in [1.165, 1.54) is 0 Å². The van der Waals surface area contributed by atoms with Crippen LogP contribution in [0.1, 0.15) is 5.56 Å². The molecule has 0 N–H and O–H groups in total. The first-order valence-electron chi connectivity index (χ1n) is 6.20. The Morgan fingerprint density at radius 3 is 2.47 bits per heavy atom. The van der Waals surface area contributed by atoms with Crippen molar-refractivity contribution in [1.29, 1.82) is 0 Å². The van der Waals surface area contributed by atoms with Crippen molar-refractivity contribution >= 4 is 10.9 Å². The summed E-state index contributed by atoms with van der Waals surface area (Å²) in [7, 11) is 1.66. The number of hydrogen-bond donors (Lipinski definition) is 0. The minimum atomic E-state index is 0.529. The molecule has 0 fully saturated rings. The van der Waals surface area contributed by atoms with Gasteiger partial charge in [-0.15, -0.1) is 0 Å². The molecule has 3 nitrogen and oxygen atoms in total. The largest absolute Gasteiger partial charge is 0.489 e. The molecule has 0 aliphatic rings. The van der Waals surface area contributed by atoms with E-state index in [-0.39, 0.29) is 0 Å². The van der Waals surface area contributed by atoms with Crippen molar-refractivity contribution in [2.75, 3.05) is 7.11 Å². The number of benzene rings is 2. The minimum absolute atomic E-state index is 0.529. The smallest absolute Gasteiger partial charge is 0.119 e. The maximum atomic E-state index is 5.79. The van der Waals surface area contributed by atoms with Crippen LogP contribution in [0.5, 0.6) is 5.75 Å². The molecule has 2 aromatic carbocycles. The summed E-state index contributed by atoms with van der Waals surface area (Å²) in [5.74, 6) is 0.872. The number of nitrogens with zero attached hydrogens (tertiary/aromatic N) is 1. The zero-order valence-electron chi connectivity index (χ0n) is 10.7. The van der Waals surface area contributed by atoms with Gasteiger partial charge in [0.05, 0.1) is 11.7 Å². The zero-order chi connectivity index (χ0) is 13.1. The first-order chi connectivity index (χ1) is 9.38. The predicted molar refractivity (Wildman–Crippen MR) is 75.2 cm³/mol. The quantitative estimate of drug-likeness (QED) is 0.712. The number of rotatable bonds is 4. The lowest BCUT2D eigenvalue weighted by Crippen LogP contribution is -2.03. The highest BCUT2D eigenvalue weighted by molar-refractivity contribution is 5.83. The average Bonchev–Trinajstić information content (AvgIpc) is 2.84. The molecule has 0 atom stereocenters. The molecular formula is C16H15NO2. The van der Waals surface area contributed by atoms with E-state index in [0.717, 1.165) is 22.2 Å². The van der Waals surface area contributed by atoms with Gasteiger partial charge in [-0.05, 0) is 18.2 Å². The van der Waals surface area contributed by atoms with Crippen molar-refractivity contribution in [3.8, 4) is 5.75 Å². The second-order valence-corrected chi connectivity index (χ2v) is 4.28. The van der Waals surface area contributed by atoms with E-state index in [2.05, 4.69) is 6.07 Å². The molecule has 0 radical (unpaired) electrons. The molecular weight excluding hydrogens is 238 g/mol. The Hall–Kier alpha value is -2.42. The fourth-order valence-corrected chi connectivity index (χ4v) is 2.16. The van der Waals surface area contributed by atoms with Crippen LogP contribution in [0.3, 0.4) is 0 Å². The molecule has 0 spiro atoms. The van der Waals surface area contributed by atoms with E-state index in [0.29, 0.717) is 6.61 Å². The normalized spacial score (nSPS) is 10.6. The lowest BCUT2D eigenvalue weighted by Gasteiger charge is -2.04. The van der Waals surface area contributed by atoms with Crippen LogP contribution < -0.4 is 9.57 Å². The molecule has 3 heteroatoms. The number of ether oxygens (including phenoxy) is 1. The summed E-state index contributed by atoms with van der Waals surface area (Å²) in [6.07, 6.45) is 1.97. The third-order valence-electron chi connectivity index (χ3n) is 3.09. The average molecular weight is 253 g/mol. The number of aromatic nitrogens is 1. The van der Waals surface area contributed by atoms with Gasteiger partial charge in [0.1, 0.15) is 19.5 Å². The fourth-order valence-electron chi connectivity index (χ4n) is 2.16. The number of para-hydroxylation sites is 2. The monoisotopic (exact) mass is 253 g/mol. The van der Waals surface area contributed by atoms with Crippen LogP contribution in [-0.2, 0) is 6.61 Å². The highest BCUT2D eigenvalue weighted by Crippen LogP contribution is 2.22. The molecule has 96 valence electrons. The summed E-state index contributed by atoms with van der Waals surface area (Å²) in [5.41, 5.74) is 2.16. The Kier molecular flexibility index (Phi) is 3.11. The summed E-state index contributed by atoms with van der Waals surface area (Å²) in [4.78, 5) is 5.32. The lowest BCUT2D eigenvalue weighted by atomic mass is 10.2. The molecule has 19 heavy (non-hydrogen) atoms. The van der Waals surface area contributed by atoms with Crippen molar-refractivity contribution in [3.05, 3.63) is 66.4 Å². The highest BCUT2D eigenvalue weighted by atomic mass is 16.6. The third-order valence-corrected chi connectivity index (χ3v) is 3.09. The van der Waals surface area contributed by atoms with Crippen LogP contribution in [-0.4, -0.2) is 11.8 Å². The van der Waals surface area contributed by atoms with Gasteiger partial charge in [0.2, 0.25) is 0 Å². The Bertz CT molecular complexity index is 674. The zero-order valence-corrected chi connectivity index (χ0v) is 10.7. The van der Waals surface area contributed by atoms with Crippen molar-refractivity contribution < 1.29 is 9.57 Å². The van der Waals surface area contributed by atoms with Crippen molar-refractivity contribution in [3.63, 3.8) is 0 Å².